The van der Waals surface area contributed by atoms with Crippen LogP contribution in [0.1, 0.15) is 20.3 Å². The molecule has 0 atom stereocenters. The maximum absolute atomic E-state index is 13.2. The molecule has 0 saturated carbocycles. The molecule has 96 valence electrons. The second-order valence-electron chi connectivity index (χ2n) is 4.30. The van der Waals surface area contributed by atoms with Crippen molar-refractivity contribution >= 4 is 12.4 Å². The van der Waals surface area contributed by atoms with E-state index in [1.165, 1.54) is 0 Å². The first-order valence-electron chi connectivity index (χ1n) is 5.43. The van der Waals surface area contributed by atoms with Gasteiger partial charge >= 0.3 is 6.98 Å². The fourth-order valence-electron chi connectivity index (χ4n) is 1.24. The molecule has 1 aromatic rings. The summed E-state index contributed by atoms with van der Waals surface area (Å²) in [6, 6.07) is 2.23. The van der Waals surface area contributed by atoms with Crippen molar-refractivity contribution in [3.63, 3.8) is 0 Å². The summed E-state index contributed by atoms with van der Waals surface area (Å²) >= 11 is 0. The predicted molar refractivity (Wildman–Crippen MR) is 60.1 cm³/mol. The van der Waals surface area contributed by atoms with E-state index in [4.69, 9.17) is 4.74 Å². The van der Waals surface area contributed by atoms with E-state index in [1.807, 2.05) is 13.8 Å². The third-order valence-electron chi connectivity index (χ3n) is 2.29. The Kier molecular flexibility index (Phi) is 4.43. The molecule has 0 spiro atoms. The van der Waals surface area contributed by atoms with Crippen molar-refractivity contribution in [1.29, 1.82) is 0 Å². The summed E-state index contributed by atoms with van der Waals surface area (Å²) in [5.41, 5.74) is -0.842. The Morgan fingerprint density at radius 1 is 1.24 bits per heavy atom. The molecule has 0 heterocycles. The van der Waals surface area contributed by atoms with E-state index in [9.17, 15) is 17.3 Å². The summed E-state index contributed by atoms with van der Waals surface area (Å²) in [5.74, 6) is -0.743. The third kappa shape index (κ3) is 4.28. The lowest BCUT2D eigenvalue weighted by atomic mass is 9.80. The summed E-state index contributed by atoms with van der Waals surface area (Å²) in [7, 11) is 0. The number of benzene rings is 1. The fourth-order valence-corrected chi connectivity index (χ4v) is 1.24. The molecule has 6 heteroatoms. The minimum atomic E-state index is -5.12. The van der Waals surface area contributed by atoms with Gasteiger partial charge in [0, 0.05) is 0 Å². The zero-order valence-corrected chi connectivity index (χ0v) is 9.72. The van der Waals surface area contributed by atoms with Crippen LogP contribution in [0, 0.1) is 11.7 Å². The van der Waals surface area contributed by atoms with Crippen molar-refractivity contribution in [2.45, 2.75) is 20.3 Å². The van der Waals surface area contributed by atoms with Crippen LogP contribution in [0.2, 0.25) is 0 Å². The topological polar surface area (TPSA) is 9.23 Å². The number of rotatable bonds is 5. The molecule has 0 fully saturated rings. The van der Waals surface area contributed by atoms with Crippen LogP contribution in [0.25, 0.3) is 0 Å². The molecule has 0 saturated heterocycles. The van der Waals surface area contributed by atoms with Crippen LogP contribution in [0.3, 0.4) is 0 Å². The van der Waals surface area contributed by atoms with Crippen molar-refractivity contribution < 1.29 is 22.1 Å². The fraction of sp³-hybridized carbons (Fsp3) is 0.455. The summed E-state index contributed by atoms with van der Waals surface area (Å²) in [6.07, 6.45) is 0.667. The minimum absolute atomic E-state index is 0.211. The first kappa shape index (κ1) is 13.9. The quantitative estimate of drug-likeness (QED) is 0.574. The highest BCUT2D eigenvalue weighted by Crippen LogP contribution is 2.19. The summed E-state index contributed by atoms with van der Waals surface area (Å²) < 4.78 is 55.5. The van der Waals surface area contributed by atoms with Crippen LogP contribution in [0.15, 0.2) is 18.2 Å². The molecule has 0 aliphatic heterocycles. The summed E-state index contributed by atoms with van der Waals surface area (Å²) in [6.45, 7) is -1.00. The Balaban J connectivity index is 2.77. The van der Waals surface area contributed by atoms with Gasteiger partial charge in [0.1, 0.15) is 0 Å². The molecule has 0 aliphatic carbocycles. The molecule has 0 N–H and O–H groups in total. The van der Waals surface area contributed by atoms with Gasteiger partial charge in [0.2, 0.25) is 0 Å². The lowest BCUT2D eigenvalue weighted by Gasteiger charge is -2.16. The first-order chi connectivity index (χ1) is 7.80. The van der Waals surface area contributed by atoms with Crippen molar-refractivity contribution in [2.24, 2.45) is 5.92 Å². The monoisotopic (exact) mass is 249 g/mol. The van der Waals surface area contributed by atoms with Crippen LogP contribution in [0.5, 0.6) is 5.75 Å². The van der Waals surface area contributed by atoms with Gasteiger partial charge < -0.3 is 17.7 Å². The number of halogens is 4. The maximum atomic E-state index is 13.2. The van der Waals surface area contributed by atoms with Crippen molar-refractivity contribution in [3.8, 4) is 5.75 Å². The van der Waals surface area contributed by atoms with E-state index in [1.54, 1.807) is 0 Å². The van der Waals surface area contributed by atoms with E-state index in [2.05, 4.69) is 0 Å². The Bertz CT molecular complexity index is 376. The molecule has 0 unspecified atom stereocenters. The van der Waals surface area contributed by atoms with Crippen LogP contribution in [0.4, 0.5) is 17.3 Å². The lowest BCUT2D eigenvalue weighted by Crippen LogP contribution is -2.34. The molecular formula is C11H14BF4O-. The highest BCUT2D eigenvalue weighted by atomic mass is 19.4. The highest BCUT2D eigenvalue weighted by molar-refractivity contribution is 6.73. The van der Waals surface area contributed by atoms with E-state index < -0.39 is 18.3 Å². The molecule has 0 aromatic heterocycles. The van der Waals surface area contributed by atoms with Crippen LogP contribution < -0.4 is 10.2 Å². The van der Waals surface area contributed by atoms with Crippen LogP contribution in [-0.2, 0) is 0 Å². The average Bonchev–Trinajstić information content (AvgIpc) is 2.18. The number of hydrogen-bond donors (Lipinski definition) is 0. The zero-order valence-electron chi connectivity index (χ0n) is 9.72. The second kappa shape index (κ2) is 5.43. The van der Waals surface area contributed by atoms with E-state index in [-0.39, 0.29) is 12.4 Å². The number of hydrogen-bond acceptors (Lipinski definition) is 1. The van der Waals surface area contributed by atoms with Crippen molar-refractivity contribution in [2.75, 3.05) is 6.61 Å². The first-order valence-corrected chi connectivity index (χ1v) is 5.43. The lowest BCUT2D eigenvalue weighted by molar-refractivity contribution is 0.277. The Morgan fingerprint density at radius 2 is 1.88 bits per heavy atom. The smallest absolute Gasteiger partial charge is 0.491 e. The van der Waals surface area contributed by atoms with Gasteiger partial charge in [-0.25, -0.2) is 4.39 Å². The largest absolute Gasteiger partial charge is 0.509 e. The maximum Gasteiger partial charge on any atom is 0.509 e. The van der Waals surface area contributed by atoms with Gasteiger partial charge in [0.15, 0.2) is 11.6 Å². The van der Waals surface area contributed by atoms with Crippen LogP contribution in [-0.4, -0.2) is 13.6 Å². The van der Waals surface area contributed by atoms with Gasteiger partial charge in [-0.15, -0.1) is 5.46 Å². The molecule has 0 radical (unpaired) electrons. The molecule has 0 aliphatic rings. The van der Waals surface area contributed by atoms with Gasteiger partial charge in [-0.1, -0.05) is 19.9 Å². The van der Waals surface area contributed by atoms with Gasteiger partial charge in [0.25, 0.3) is 0 Å². The standard InChI is InChI=1S/C11H14BF4O/c1-8(2)5-6-17-11-7-9(12(14,15)16)3-4-10(11)13/h3-4,7-8H,5-6H2,1-2H3/q-1. The Hall–Kier alpha value is -1.20. The molecule has 17 heavy (non-hydrogen) atoms. The Morgan fingerprint density at radius 3 is 2.41 bits per heavy atom. The van der Waals surface area contributed by atoms with E-state index in [0.717, 1.165) is 18.2 Å². The van der Waals surface area contributed by atoms with E-state index in [0.29, 0.717) is 12.3 Å². The molecule has 0 amide bonds. The van der Waals surface area contributed by atoms with Gasteiger partial charge in [-0.3, -0.25) is 0 Å². The summed E-state index contributed by atoms with van der Waals surface area (Å²) in [5, 5.41) is 0. The van der Waals surface area contributed by atoms with Crippen molar-refractivity contribution in [3.05, 3.63) is 24.0 Å². The van der Waals surface area contributed by atoms with E-state index >= 15 is 0 Å². The van der Waals surface area contributed by atoms with Gasteiger partial charge in [-0.05, 0) is 24.5 Å². The van der Waals surface area contributed by atoms with Crippen molar-refractivity contribution in [1.82, 2.24) is 0 Å². The predicted octanol–water partition coefficient (Wildman–Crippen LogP) is 3.31. The zero-order chi connectivity index (χ0) is 13.1. The molecule has 0 bridgehead atoms. The van der Waals surface area contributed by atoms with Gasteiger partial charge in [-0.2, -0.15) is 0 Å². The molecule has 1 nitrogen and oxygen atoms in total. The molecule has 1 aromatic carbocycles. The SMILES string of the molecule is CC(C)CCOc1cc([B-](F)(F)F)ccc1F. The minimum Gasteiger partial charge on any atom is -0.491 e. The average molecular weight is 249 g/mol. The third-order valence-corrected chi connectivity index (χ3v) is 2.29. The summed E-state index contributed by atoms with van der Waals surface area (Å²) in [4.78, 5) is 0. The van der Waals surface area contributed by atoms with Gasteiger partial charge in [0.05, 0.1) is 6.61 Å². The van der Waals surface area contributed by atoms with Crippen LogP contribution >= 0.6 is 0 Å². The number of ether oxygens (including phenoxy) is 1. The highest BCUT2D eigenvalue weighted by Gasteiger charge is 2.26. The molecular weight excluding hydrogens is 235 g/mol. The normalized spacial score (nSPS) is 11.9. The molecule has 1 rings (SSSR count). The Labute approximate surface area is 97.8 Å². The second-order valence-corrected chi connectivity index (χ2v) is 4.30.